The first kappa shape index (κ1) is 22.4. The van der Waals surface area contributed by atoms with Crippen LogP contribution in [0.25, 0.3) is 0 Å². The molecule has 1 N–H and O–H groups in total. The normalized spacial score (nSPS) is 13.5. The molecule has 0 aliphatic carbocycles. The molecule has 0 bridgehead atoms. The monoisotopic (exact) mass is 376 g/mol. The van der Waals surface area contributed by atoms with Gasteiger partial charge in [-0.3, -0.25) is 4.79 Å². The Morgan fingerprint density at radius 1 is 1.04 bits per heavy atom. The van der Waals surface area contributed by atoms with E-state index in [4.69, 9.17) is 9.84 Å². The summed E-state index contributed by atoms with van der Waals surface area (Å²) in [7, 11) is -2.26. The summed E-state index contributed by atoms with van der Waals surface area (Å²) < 4.78 is 5.01. The Balaban J connectivity index is 3.19. The van der Waals surface area contributed by atoms with Crippen molar-refractivity contribution in [2.24, 2.45) is 5.10 Å². The SMILES string of the molecule is CCOC(=O)CC/C(C)=N\N[Si](c1ccccc1)(C(C)(C)C)C(C)(C)C. The number of carbonyl (C=O) groups is 1. The second-order valence-electron chi connectivity index (χ2n) is 8.88. The molecule has 0 aliphatic rings. The van der Waals surface area contributed by atoms with Crippen LogP contribution < -0.4 is 10.3 Å². The van der Waals surface area contributed by atoms with Crippen LogP contribution in [0.5, 0.6) is 0 Å². The second-order valence-corrected chi connectivity index (χ2v) is 14.2. The van der Waals surface area contributed by atoms with Gasteiger partial charge in [-0.15, -0.1) is 0 Å². The van der Waals surface area contributed by atoms with Crippen molar-refractivity contribution in [1.29, 1.82) is 0 Å². The molecule has 0 unspecified atom stereocenters. The molecule has 1 aromatic carbocycles. The van der Waals surface area contributed by atoms with Gasteiger partial charge in [0.15, 0.2) is 0 Å². The fourth-order valence-corrected chi connectivity index (χ4v) is 9.66. The summed E-state index contributed by atoms with van der Waals surface area (Å²) in [5, 5.41) is 9.87. The summed E-state index contributed by atoms with van der Waals surface area (Å²) in [6.45, 7) is 18.0. The molecule has 0 heterocycles. The zero-order valence-electron chi connectivity index (χ0n) is 17.8. The molecule has 5 heteroatoms. The number of rotatable bonds is 7. The van der Waals surface area contributed by atoms with Crippen molar-refractivity contribution in [2.75, 3.05) is 6.61 Å². The molecule has 0 radical (unpaired) electrons. The highest BCUT2D eigenvalue weighted by Gasteiger charge is 2.55. The maximum Gasteiger partial charge on any atom is 0.306 e. The molecule has 146 valence electrons. The van der Waals surface area contributed by atoms with E-state index in [0.717, 1.165) is 5.71 Å². The maximum absolute atomic E-state index is 11.6. The van der Waals surface area contributed by atoms with Crippen LogP contribution in [0.15, 0.2) is 35.4 Å². The summed E-state index contributed by atoms with van der Waals surface area (Å²) >= 11 is 0. The molecule has 0 saturated carbocycles. The summed E-state index contributed by atoms with van der Waals surface area (Å²) in [6.07, 6.45) is 0.981. The number of benzene rings is 1. The third-order valence-electron chi connectivity index (χ3n) is 4.87. The Bertz CT molecular complexity index is 599. The lowest BCUT2D eigenvalue weighted by Gasteiger charge is -2.51. The Morgan fingerprint density at radius 2 is 1.58 bits per heavy atom. The molecular weight excluding hydrogens is 340 g/mol. The summed E-state index contributed by atoms with van der Waals surface area (Å²) in [5.74, 6) is -0.166. The van der Waals surface area contributed by atoms with Gasteiger partial charge in [0, 0.05) is 5.71 Å². The fourth-order valence-electron chi connectivity index (χ4n) is 3.83. The van der Waals surface area contributed by atoms with E-state index in [9.17, 15) is 4.79 Å². The number of hydrogen-bond acceptors (Lipinski definition) is 4. The van der Waals surface area contributed by atoms with Gasteiger partial charge in [0.2, 0.25) is 8.24 Å². The standard InChI is InChI=1S/C21H36N2O2Si/c1-9-25-19(24)16-15-17(2)22-23-26(20(3,4)5,21(6,7)8)18-13-11-10-12-14-18/h10-14,23H,9,15-16H2,1-8H3/b22-17-. The van der Waals surface area contributed by atoms with Crippen LogP contribution in [-0.2, 0) is 9.53 Å². The minimum Gasteiger partial charge on any atom is -0.466 e. The van der Waals surface area contributed by atoms with Crippen LogP contribution in [0.3, 0.4) is 0 Å². The molecule has 26 heavy (non-hydrogen) atoms. The molecule has 0 aliphatic heterocycles. The lowest BCUT2D eigenvalue weighted by Crippen LogP contribution is -2.69. The molecular formula is C21H36N2O2Si. The maximum atomic E-state index is 11.6. The van der Waals surface area contributed by atoms with Gasteiger partial charge in [0.25, 0.3) is 0 Å². The van der Waals surface area contributed by atoms with Gasteiger partial charge in [0.1, 0.15) is 0 Å². The molecule has 1 aromatic rings. The van der Waals surface area contributed by atoms with Gasteiger partial charge in [-0.2, -0.15) is 5.10 Å². The van der Waals surface area contributed by atoms with E-state index in [1.54, 1.807) is 0 Å². The highest BCUT2D eigenvalue weighted by atomic mass is 28.3. The van der Waals surface area contributed by atoms with Crippen LogP contribution in [0.1, 0.15) is 68.2 Å². The van der Waals surface area contributed by atoms with Gasteiger partial charge < -0.3 is 9.83 Å². The number of carbonyl (C=O) groups excluding carboxylic acids is 1. The minimum atomic E-state index is -2.26. The lowest BCUT2D eigenvalue weighted by atomic mass is 10.2. The smallest absolute Gasteiger partial charge is 0.306 e. The van der Waals surface area contributed by atoms with E-state index in [0.29, 0.717) is 19.4 Å². The van der Waals surface area contributed by atoms with Crippen molar-refractivity contribution in [2.45, 2.75) is 78.3 Å². The largest absolute Gasteiger partial charge is 0.466 e. The third-order valence-corrected chi connectivity index (χ3v) is 11.0. The number of nitrogens with one attached hydrogen (secondary N) is 1. The van der Waals surface area contributed by atoms with Crippen LogP contribution in [0.2, 0.25) is 10.1 Å². The first-order valence-corrected chi connectivity index (χ1v) is 11.5. The molecule has 0 spiro atoms. The van der Waals surface area contributed by atoms with Gasteiger partial charge >= 0.3 is 5.97 Å². The van der Waals surface area contributed by atoms with Crippen LogP contribution in [-0.4, -0.2) is 26.5 Å². The summed E-state index contributed by atoms with van der Waals surface area (Å²) in [4.78, 5) is 11.6. The molecule has 0 fully saturated rings. The average molecular weight is 377 g/mol. The lowest BCUT2D eigenvalue weighted by molar-refractivity contribution is -0.142. The highest BCUT2D eigenvalue weighted by Crippen LogP contribution is 2.48. The molecule has 0 aromatic heterocycles. The van der Waals surface area contributed by atoms with Gasteiger partial charge in [0.05, 0.1) is 13.0 Å². The summed E-state index contributed by atoms with van der Waals surface area (Å²) in [6, 6.07) is 10.7. The Labute approximate surface area is 160 Å². The molecule has 4 nitrogen and oxygen atoms in total. The van der Waals surface area contributed by atoms with Crippen LogP contribution in [0, 0.1) is 0 Å². The Kier molecular flexibility index (Phi) is 7.63. The van der Waals surface area contributed by atoms with E-state index in [2.05, 4.69) is 77.0 Å². The number of ether oxygens (including phenoxy) is 1. The quantitative estimate of drug-likeness (QED) is 0.323. The number of hydrazone groups is 1. The minimum absolute atomic E-state index is 0.0531. The first-order chi connectivity index (χ1) is 12.0. The van der Waals surface area contributed by atoms with E-state index in [1.165, 1.54) is 5.19 Å². The number of nitrogens with zero attached hydrogens (tertiary/aromatic N) is 1. The predicted molar refractivity (Wildman–Crippen MR) is 113 cm³/mol. The topological polar surface area (TPSA) is 50.7 Å². The molecule has 0 atom stereocenters. The van der Waals surface area contributed by atoms with Crippen LogP contribution >= 0.6 is 0 Å². The van der Waals surface area contributed by atoms with E-state index < -0.39 is 8.24 Å². The molecule has 0 amide bonds. The zero-order chi connectivity index (χ0) is 20.0. The second kappa shape index (κ2) is 8.85. The fraction of sp³-hybridized carbons (Fsp3) is 0.619. The van der Waals surface area contributed by atoms with Crippen molar-refractivity contribution >= 4 is 25.1 Å². The van der Waals surface area contributed by atoms with E-state index in [-0.39, 0.29) is 16.0 Å². The van der Waals surface area contributed by atoms with Crippen molar-refractivity contribution in [3.05, 3.63) is 30.3 Å². The third kappa shape index (κ3) is 5.19. The van der Waals surface area contributed by atoms with E-state index >= 15 is 0 Å². The average Bonchev–Trinajstić information content (AvgIpc) is 2.52. The number of hydrogen-bond donors (Lipinski definition) is 1. The molecule has 0 saturated heterocycles. The van der Waals surface area contributed by atoms with Gasteiger partial charge in [-0.25, -0.2) is 0 Å². The van der Waals surface area contributed by atoms with Crippen molar-refractivity contribution < 1.29 is 9.53 Å². The Morgan fingerprint density at radius 3 is 2.04 bits per heavy atom. The van der Waals surface area contributed by atoms with Crippen molar-refractivity contribution in [1.82, 2.24) is 5.09 Å². The predicted octanol–water partition coefficient (Wildman–Crippen LogP) is 4.75. The van der Waals surface area contributed by atoms with Gasteiger partial charge in [-0.05, 0) is 35.5 Å². The summed E-state index contributed by atoms with van der Waals surface area (Å²) in [5.41, 5.74) is 0.930. The highest BCUT2D eigenvalue weighted by molar-refractivity contribution is 6.94. The van der Waals surface area contributed by atoms with Crippen molar-refractivity contribution in [3.63, 3.8) is 0 Å². The van der Waals surface area contributed by atoms with Crippen LogP contribution in [0.4, 0.5) is 0 Å². The first-order valence-electron chi connectivity index (χ1n) is 9.47. The number of esters is 1. The zero-order valence-corrected chi connectivity index (χ0v) is 18.8. The van der Waals surface area contributed by atoms with Crippen molar-refractivity contribution in [3.8, 4) is 0 Å². The molecule has 1 rings (SSSR count). The van der Waals surface area contributed by atoms with E-state index in [1.807, 2.05) is 13.8 Å². The van der Waals surface area contributed by atoms with Gasteiger partial charge in [-0.1, -0.05) is 71.9 Å². The Hall–Kier alpha value is -1.62.